The molecule has 1 aromatic carbocycles. The number of rotatable bonds is 7. The summed E-state index contributed by atoms with van der Waals surface area (Å²) < 4.78 is 51.8. The maximum absolute atomic E-state index is 14.8. The number of halogens is 2. The highest BCUT2D eigenvalue weighted by Gasteiger charge is 2.59. The highest BCUT2D eigenvalue weighted by Crippen LogP contribution is 2.50. The van der Waals surface area contributed by atoms with Crippen LogP contribution in [0.25, 0.3) is 0 Å². The molecule has 3 rings (SSSR count). The summed E-state index contributed by atoms with van der Waals surface area (Å²) in [5.74, 6) is -3.34. The molecule has 0 N–H and O–H groups in total. The van der Waals surface area contributed by atoms with Gasteiger partial charge < -0.3 is 23.7 Å². The number of hydrogen-bond donors (Lipinski definition) is 0. The summed E-state index contributed by atoms with van der Waals surface area (Å²) in [6.45, 7) is 0.988. The van der Waals surface area contributed by atoms with Gasteiger partial charge >= 0.3 is 0 Å². The van der Waals surface area contributed by atoms with Gasteiger partial charge in [-0.05, 0) is 30.5 Å². The summed E-state index contributed by atoms with van der Waals surface area (Å²) in [6.07, 6.45) is 0.192. The second-order valence-electron chi connectivity index (χ2n) is 6.81. The average Bonchev–Trinajstić information content (AvgIpc) is 3.10. The predicted molar refractivity (Wildman–Crippen MR) is 89.2 cm³/mol. The highest BCUT2D eigenvalue weighted by atomic mass is 19.3. The van der Waals surface area contributed by atoms with E-state index in [-0.39, 0.29) is 25.7 Å². The van der Waals surface area contributed by atoms with E-state index in [1.165, 1.54) is 0 Å². The summed E-state index contributed by atoms with van der Waals surface area (Å²) in [6, 6.07) is 7.06. The van der Waals surface area contributed by atoms with Gasteiger partial charge in [-0.15, -0.1) is 0 Å². The number of hydrogen-bond acceptors (Lipinski definition) is 5. The molecule has 2 aliphatic rings. The molecule has 1 heterocycles. The first-order chi connectivity index (χ1) is 12.4. The number of benzene rings is 1. The highest BCUT2D eigenvalue weighted by molar-refractivity contribution is 5.51. The van der Waals surface area contributed by atoms with Gasteiger partial charge in [-0.3, -0.25) is 0 Å². The number of methoxy groups -OCH3 is 1. The van der Waals surface area contributed by atoms with Crippen molar-refractivity contribution < 1.29 is 32.5 Å². The molecule has 1 saturated heterocycles. The van der Waals surface area contributed by atoms with Gasteiger partial charge in [0, 0.05) is 12.8 Å². The largest absolute Gasteiger partial charge is 0.497 e. The molecule has 26 heavy (non-hydrogen) atoms. The van der Waals surface area contributed by atoms with Crippen molar-refractivity contribution in [3.8, 4) is 5.75 Å². The van der Waals surface area contributed by atoms with Gasteiger partial charge in [0.1, 0.15) is 17.6 Å². The van der Waals surface area contributed by atoms with Crippen LogP contribution in [-0.4, -0.2) is 43.9 Å². The minimum absolute atomic E-state index is 0.0349. The van der Waals surface area contributed by atoms with Crippen LogP contribution in [0.4, 0.5) is 8.78 Å². The van der Waals surface area contributed by atoms with Crippen molar-refractivity contribution in [1.82, 2.24) is 0 Å². The third-order valence-corrected chi connectivity index (χ3v) is 5.31. The molecule has 2 fully saturated rings. The zero-order valence-electron chi connectivity index (χ0n) is 14.8. The monoisotopic (exact) mass is 370 g/mol. The van der Waals surface area contributed by atoms with Crippen molar-refractivity contribution in [3.05, 3.63) is 29.8 Å². The predicted octanol–water partition coefficient (Wildman–Crippen LogP) is 3.49. The third kappa shape index (κ3) is 3.75. The number of carbonyl (C=O) groups excluding carboxylic acids is 1. The summed E-state index contributed by atoms with van der Waals surface area (Å²) >= 11 is 0. The maximum Gasteiger partial charge on any atom is 0.283 e. The van der Waals surface area contributed by atoms with Crippen molar-refractivity contribution >= 4 is 6.29 Å². The van der Waals surface area contributed by atoms with E-state index in [9.17, 15) is 13.6 Å². The maximum atomic E-state index is 14.8. The Kier molecular flexibility index (Phi) is 5.60. The van der Waals surface area contributed by atoms with Gasteiger partial charge in [-0.25, -0.2) is 8.78 Å². The fourth-order valence-corrected chi connectivity index (χ4v) is 3.67. The smallest absolute Gasteiger partial charge is 0.283 e. The Labute approximate surface area is 151 Å². The average molecular weight is 370 g/mol. The van der Waals surface area contributed by atoms with Crippen LogP contribution < -0.4 is 4.74 Å². The topological polar surface area (TPSA) is 54.0 Å². The van der Waals surface area contributed by atoms with Gasteiger partial charge in [0.15, 0.2) is 5.79 Å². The van der Waals surface area contributed by atoms with Crippen LogP contribution in [0.5, 0.6) is 5.75 Å². The van der Waals surface area contributed by atoms with Crippen LogP contribution in [0.3, 0.4) is 0 Å². The molecule has 0 bridgehead atoms. The Bertz CT molecular complexity index is 601. The molecule has 0 aromatic heterocycles. The molecule has 144 valence electrons. The van der Waals surface area contributed by atoms with E-state index >= 15 is 0 Å². The standard InChI is InChI=1S/C19H24F2O5/c1-23-16-4-2-15(3-5-16)14-26-17(19(20,21)10-11-22)6-8-18(9-7-17)24-12-13-25-18/h2-5,11H,6-10,12-14H2,1H3. The van der Waals surface area contributed by atoms with E-state index < -0.39 is 23.7 Å². The van der Waals surface area contributed by atoms with Gasteiger partial charge in [0.05, 0.1) is 33.4 Å². The second kappa shape index (κ2) is 7.58. The first-order valence-corrected chi connectivity index (χ1v) is 8.81. The van der Waals surface area contributed by atoms with Crippen molar-refractivity contribution in [1.29, 1.82) is 0 Å². The molecule has 7 heteroatoms. The van der Waals surface area contributed by atoms with Crippen LogP contribution in [0.1, 0.15) is 37.7 Å². The van der Waals surface area contributed by atoms with Gasteiger partial charge in [-0.1, -0.05) is 12.1 Å². The molecular weight excluding hydrogens is 346 g/mol. The molecule has 1 aliphatic carbocycles. The summed E-state index contributed by atoms with van der Waals surface area (Å²) in [7, 11) is 1.56. The normalized spacial score (nSPS) is 21.7. The lowest BCUT2D eigenvalue weighted by Gasteiger charge is -2.46. The Morgan fingerprint density at radius 2 is 1.73 bits per heavy atom. The van der Waals surface area contributed by atoms with E-state index in [4.69, 9.17) is 18.9 Å². The molecule has 0 atom stereocenters. The van der Waals surface area contributed by atoms with Crippen LogP contribution >= 0.6 is 0 Å². The first kappa shape index (κ1) is 19.2. The minimum Gasteiger partial charge on any atom is -0.497 e. The van der Waals surface area contributed by atoms with Crippen LogP contribution in [0, 0.1) is 0 Å². The summed E-state index contributed by atoms with van der Waals surface area (Å²) in [5, 5.41) is 0. The number of aldehydes is 1. The Balaban J connectivity index is 1.74. The Hall–Kier alpha value is -1.57. The Morgan fingerprint density at radius 3 is 2.27 bits per heavy atom. The summed E-state index contributed by atoms with van der Waals surface area (Å²) in [5.41, 5.74) is -0.935. The molecule has 1 aliphatic heterocycles. The van der Waals surface area contributed by atoms with Gasteiger partial charge in [0.25, 0.3) is 5.92 Å². The zero-order valence-corrected chi connectivity index (χ0v) is 14.8. The first-order valence-electron chi connectivity index (χ1n) is 8.81. The fraction of sp³-hybridized carbons (Fsp3) is 0.632. The van der Waals surface area contributed by atoms with Crippen molar-refractivity contribution in [2.45, 2.75) is 56.0 Å². The number of carbonyl (C=O) groups is 1. The van der Waals surface area contributed by atoms with Crippen LogP contribution in [0.15, 0.2) is 24.3 Å². The fourth-order valence-electron chi connectivity index (χ4n) is 3.67. The minimum atomic E-state index is -3.25. The van der Waals surface area contributed by atoms with Crippen molar-refractivity contribution in [2.24, 2.45) is 0 Å². The third-order valence-electron chi connectivity index (χ3n) is 5.31. The van der Waals surface area contributed by atoms with Crippen molar-refractivity contribution in [2.75, 3.05) is 20.3 Å². The van der Waals surface area contributed by atoms with E-state index in [1.807, 2.05) is 0 Å². The second-order valence-corrected chi connectivity index (χ2v) is 6.81. The number of ether oxygens (including phenoxy) is 4. The SMILES string of the molecule is COc1ccc(COC2(C(F)(F)CC=O)CCC3(CC2)OCCO3)cc1. The van der Waals surface area contributed by atoms with E-state index in [0.717, 1.165) is 5.56 Å². The van der Waals surface area contributed by atoms with Crippen molar-refractivity contribution in [3.63, 3.8) is 0 Å². The molecule has 0 unspecified atom stereocenters. The lowest BCUT2D eigenvalue weighted by molar-refractivity contribution is -0.268. The number of alkyl halides is 2. The molecule has 1 spiro atoms. The molecule has 0 radical (unpaired) electrons. The zero-order chi connectivity index (χ0) is 18.7. The lowest BCUT2D eigenvalue weighted by Crippen LogP contribution is -2.55. The molecule has 0 amide bonds. The Morgan fingerprint density at radius 1 is 1.12 bits per heavy atom. The molecule has 1 aromatic rings. The summed E-state index contributed by atoms with van der Waals surface area (Å²) in [4.78, 5) is 10.8. The lowest BCUT2D eigenvalue weighted by atomic mass is 9.76. The van der Waals surface area contributed by atoms with E-state index in [2.05, 4.69) is 0 Å². The van der Waals surface area contributed by atoms with Crippen LogP contribution in [0.2, 0.25) is 0 Å². The molecular formula is C19H24F2O5. The molecule has 1 saturated carbocycles. The van der Waals surface area contributed by atoms with Gasteiger partial charge in [0.2, 0.25) is 0 Å². The van der Waals surface area contributed by atoms with Gasteiger partial charge in [-0.2, -0.15) is 0 Å². The van der Waals surface area contributed by atoms with Crippen LogP contribution in [-0.2, 0) is 25.6 Å². The molecule has 5 nitrogen and oxygen atoms in total. The van der Waals surface area contributed by atoms with E-state index in [1.54, 1.807) is 31.4 Å². The quantitative estimate of drug-likeness (QED) is 0.688. The van der Waals surface area contributed by atoms with E-state index in [0.29, 0.717) is 31.8 Å².